The van der Waals surface area contributed by atoms with E-state index in [0.717, 1.165) is 49.7 Å². The molecule has 0 aliphatic heterocycles. The van der Waals surface area contributed by atoms with Crippen molar-refractivity contribution >= 4 is 0 Å². The van der Waals surface area contributed by atoms with Crippen LogP contribution in [0.4, 0.5) is 13.2 Å². The normalized spacial score (nSPS) is 11.8. The first-order valence-electron chi connectivity index (χ1n) is 9.22. The zero-order chi connectivity index (χ0) is 18.4. The molecule has 0 aliphatic carbocycles. The number of alkyl halides is 3. The fraction of sp³-hybridized carbons (Fsp3) is 0.455. The summed E-state index contributed by atoms with van der Waals surface area (Å²) in [7, 11) is 0. The van der Waals surface area contributed by atoms with E-state index >= 15 is 0 Å². The molecule has 0 heterocycles. The van der Waals surface area contributed by atoms with E-state index in [0.29, 0.717) is 0 Å². The molecule has 0 saturated heterocycles. The molecule has 0 nitrogen and oxygen atoms in total. The first-order chi connectivity index (χ1) is 11.9. The van der Waals surface area contributed by atoms with Crippen LogP contribution in [0.25, 0.3) is 11.1 Å². The van der Waals surface area contributed by atoms with Gasteiger partial charge in [0.2, 0.25) is 0 Å². The van der Waals surface area contributed by atoms with Crippen LogP contribution in [-0.2, 0) is 25.4 Å². The zero-order valence-electron chi connectivity index (χ0n) is 15.3. The number of rotatable bonds is 7. The Morgan fingerprint density at radius 3 is 1.60 bits per heavy atom. The highest BCUT2D eigenvalue weighted by Crippen LogP contribution is 2.35. The molecule has 3 heteroatoms. The molecule has 0 aliphatic rings. The smallest absolute Gasteiger partial charge is 0.166 e. The first-order valence-corrected chi connectivity index (χ1v) is 9.22. The maximum Gasteiger partial charge on any atom is 0.416 e. The number of hydrogen-bond acceptors (Lipinski definition) is 0. The van der Waals surface area contributed by atoms with Gasteiger partial charge in [-0.1, -0.05) is 64.3 Å². The average molecular weight is 348 g/mol. The standard InChI is InChI=1S/C22H27F3/c1-4-7-16-14-18(8-5-2)21(19(15-16)9-6-3)17-10-12-20(13-11-17)22(23,24)25/h10-15H,4-9H2,1-3H3. The van der Waals surface area contributed by atoms with Gasteiger partial charge in [-0.3, -0.25) is 0 Å². The van der Waals surface area contributed by atoms with Crippen LogP contribution >= 0.6 is 0 Å². The Balaban J connectivity index is 2.56. The average Bonchev–Trinajstić information content (AvgIpc) is 2.55. The molecule has 0 fully saturated rings. The molecule has 0 radical (unpaired) electrons. The Morgan fingerprint density at radius 1 is 0.720 bits per heavy atom. The summed E-state index contributed by atoms with van der Waals surface area (Å²) in [6.07, 6.45) is 1.79. The third kappa shape index (κ3) is 4.87. The number of hydrogen-bond donors (Lipinski definition) is 0. The molecule has 136 valence electrons. The molecule has 0 amide bonds. The Kier molecular flexibility index (Phi) is 6.69. The highest BCUT2D eigenvalue weighted by atomic mass is 19.4. The lowest BCUT2D eigenvalue weighted by atomic mass is 9.87. The molecule has 0 unspecified atom stereocenters. The third-order valence-electron chi connectivity index (χ3n) is 4.44. The molecule has 2 aromatic rings. The minimum absolute atomic E-state index is 0.590. The summed E-state index contributed by atoms with van der Waals surface area (Å²) < 4.78 is 38.6. The molecule has 0 N–H and O–H groups in total. The van der Waals surface area contributed by atoms with E-state index in [9.17, 15) is 13.2 Å². The molecule has 0 bridgehead atoms. The summed E-state index contributed by atoms with van der Waals surface area (Å²) in [6.45, 7) is 6.45. The second-order valence-corrected chi connectivity index (χ2v) is 6.61. The summed E-state index contributed by atoms with van der Waals surface area (Å²) in [5.74, 6) is 0. The van der Waals surface area contributed by atoms with Crippen LogP contribution in [0, 0.1) is 0 Å². The fourth-order valence-corrected chi connectivity index (χ4v) is 3.40. The van der Waals surface area contributed by atoms with Gasteiger partial charge in [0, 0.05) is 0 Å². The molecular weight excluding hydrogens is 321 g/mol. The van der Waals surface area contributed by atoms with Gasteiger partial charge in [-0.15, -0.1) is 0 Å². The van der Waals surface area contributed by atoms with Crippen LogP contribution in [0.15, 0.2) is 36.4 Å². The van der Waals surface area contributed by atoms with Crippen molar-refractivity contribution in [3.05, 3.63) is 58.7 Å². The molecule has 0 atom stereocenters. The van der Waals surface area contributed by atoms with Crippen molar-refractivity contribution in [1.29, 1.82) is 0 Å². The summed E-state index contributed by atoms with van der Waals surface area (Å²) in [4.78, 5) is 0. The van der Waals surface area contributed by atoms with E-state index in [2.05, 4.69) is 32.9 Å². The topological polar surface area (TPSA) is 0 Å². The summed E-state index contributed by atoms with van der Waals surface area (Å²) in [6, 6.07) is 10.1. The molecule has 2 rings (SSSR count). The van der Waals surface area contributed by atoms with Gasteiger partial charge in [0.25, 0.3) is 0 Å². The maximum atomic E-state index is 12.9. The van der Waals surface area contributed by atoms with Crippen molar-refractivity contribution < 1.29 is 13.2 Å². The number of benzene rings is 2. The lowest BCUT2D eigenvalue weighted by Gasteiger charge is -2.18. The van der Waals surface area contributed by atoms with Gasteiger partial charge in [-0.25, -0.2) is 0 Å². The van der Waals surface area contributed by atoms with Gasteiger partial charge in [0.05, 0.1) is 5.56 Å². The van der Waals surface area contributed by atoms with Gasteiger partial charge in [0.15, 0.2) is 0 Å². The molecule has 0 aromatic heterocycles. The largest absolute Gasteiger partial charge is 0.416 e. The zero-order valence-corrected chi connectivity index (χ0v) is 15.3. The predicted octanol–water partition coefficient (Wildman–Crippen LogP) is 7.23. The Hall–Kier alpha value is -1.77. The second kappa shape index (κ2) is 8.55. The van der Waals surface area contributed by atoms with Crippen molar-refractivity contribution in [3.63, 3.8) is 0 Å². The minimum Gasteiger partial charge on any atom is -0.166 e. The van der Waals surface area contributed by atoms with E-state index in [1.165, 1.54) is 28.8 Å². The molecular formula is C22H27F3. The fourth-order valence-electron chi connectivity index (χ4n) is 3.40. The van der Waals surface area contributed by atoms with Crippen LogP contribution in [0.2, 0.25) is 0 Å². The predicted molar refractivity (Wildman–Crippen MR) is 98.9 cm³/mol. The van der Waals surface area contributed by atoms with Crippen LogP contribution in [0.3, 0.4) is 0 Å². The number of aryl methyl sites for hydroxylation is 3. The van der Waals surface area contributed by atoms with E-state index in [1.54, 1.807) is 12.1 Å². The molecule has 0 saturated carbocycles. The Labute approximate surface area is 149 Å². The van der Waals surface area contributed by atoms with Crippen LogP contribution in [0.1, 0.15) is 62.3 Å². The van der Waals surface area contributed by atoms with Gasteiger partial charge < -0.3 is 0 Å². The highest BCUT2D eigenvalue weighted by Gasteiger charge is 2.30. The van der Waals surface area contributed by atoms with Crippen molar-refractivity contribution in [3.8, 4) is 11.1 Å². The van der Waals surface area contributed by atoms with Crippen LogP contribution < -0.4 is 0 Å². The van der Waals surface area contributed by atoms with Crippen LogP contribution in [0.5, 0.6) is 0 Å². The summed E-state index contributed by atoms with van der Waals surface area (Å²) in [5, 5.41) is 0. The van der Waals surface area contributed by atoms with Gasteiger partial charge >= 0.3 is 6.18 Å². The van der Waals surface area contributed by atoms with Gasteiger partial charge in [-0.2, -0.15) is 13.2 Å². The van der Waals surface area contributed by atoms with Crippen LogP contribution in [-0.4, -0.2) is 0 Å². The molecule has 2 aromatic carbocycles. The SMILES string of the molecule is CCCc1cc(CCC)c(-c2ccc(C(F)(F)F)cc2)c(CCC)c1. The van der Waals surface area contributed by atoms with Gasteiger partial charge in [-0.05, 0) is 59.2 Å². The van der Waals surface area contributed by atoms with Crippen molar-refractivity contribution in [2.45, 2.75) is 65.5 Å². The monoisotopic (exact) mass is 348 g/mol. The second-order valence-electron chi connectivity index (χ2n) is 6.61. The van der Waals surface area contributed by atoms with Crippen molar-refractivity contribution in [2.75, 3.05) is 0 Å². The van der Waals surface area contributed by atoms with Crippen molar-refractivity contribution in [2.24, 2.45) is 0 Å². The lowest BCUT2D eigenvalue weighted by molar-refractivity contribution is -0.137. The molecule has 25 heavy (non-hydrogen) atoms. The summed E-state index contributed by atoms with van der Waals surface area (Å²) >= 11 is 0. The highest BCUT2D eigenvalue weighted by molar-refractivity contribution is 5.72. The third-order valence-corrected chi connectivity index (χ3v) is 4.44. The Morgan fingerprint density at radius 2 is 1.20 bits per heavy atom. The first kappa shape index (κ1) is 19.6. The van der Waals surface area contributed by atoms with Crippen molar-refractivity contribution in [1.82, 2.24) is 0 Å². The van der Waals surface area contributed by atoms with E-state index in [-0.39, 0.29) is 0 Å². The van der Waals surface area contributed by atoms with E-state index in [1.807, 2.05) is 0 Å². The Bertz CT molecular complexity index is 654. The molecule has 0 spiro atoms. The minimum atomic E-state index is -4.29. The summed E-state index contributed by atoms with van der Waals surface area (Å²) in [5.41, 5.74) is 5.30. The van der Waals surface area contributed by atoms with Gasteiger partial charge in [0.1, 0.15) is 0 Å². The quantitative estimate of drug-likeness (QED) is 0.495. The number of halogens is 3. The van der Waals surface area contributed by atoms with E-state index < -0.39 is 11.7 Å². The van der Waals surface area contributed by atoms with E-state index in [4.69, 9.17) is 0 Å². The maximum absolute atomic E-state index is 12.9. The lowest BCUT2D eigenvalue weighted by Crippen LogP contribution is -2.05.